The quantitative estimate of drug-likeness (QED) is 0.245. The zero-order chi connectivity index (χ0) is 17.9. The first kappa shape index (κ1) is 19.0. The van der Waals surface area contributed by atoms with Gasteiger partial charge in [0.25, 0.3) is 0 Å². The van der Waals surface area contributed by atoms with Gasteiger partial charge in [0.2, 0.25) is 0 Å². The van der Waals surface area contributed by atoms with Crippen LogP contribution in [0.15, 0.2) is 91.0 Å². The number of nitrogens with one attached hydrogen (secondary N) is 2. The highest BCUT2D eigenvalue weighted by atomic mass is 32.1. The Hall–Kier alpha value is -2.30. The average molecular weight is 368 g/mol. The molecule has 0 unspecified atom stereocenters. The molecule has 128 valence electrons. The summed E-state index contributed by atoms with van der Waals surface area (Å²) >= 11 is 4.38. The first-order valence-corrected chi connectivity index (χ1v) is 9.43. The van der Waals surface area contributed by atoms with Crippen molar-refractivity contribution in [2.75, 3.05) is 0 Å². The molecule has 0 atom stereocenters. The molecule has 0 saturated carbocycles. The first-order valence-electron chi connectivity index (χ1n) is 7.68. The van der Waals surface area contributed by atoms with Crippen LogP contribution in [0.5, 0.6) is 0 Å². The van der Waals surface area contributed by atoms with Crippen molar-refractivity contribution in [2.24, 2.45) is 11.7 Å². The van der Waals surface area contributed by atoms with E-state index in [9.17, 15) is 0 Å². The molecule has 0 saturated heterocycles. The summed E-state index contributed by atoms with van der Waals surface area (Å²) in [4.78, 5) is 0. The van der Waals surface area contributed by atoms with Crippen molar-refractivity contribution in [1.29, 1.82) is 0 Å². The van der Waals surface area contributed by atoms with Crippen LogP contribution in [-0.4, -0.2) is 5.11 Å². The van der Waals surface area contributed by atoms with Crippen LogP contribution in [-0.2, 0) is 0 Å². The predicted octanol–water partition coefficient (Wildman–Crippen LogP) is 1.64. The highest BCUT2D eigenvalue weighted by Gasteiger charge is 2.14. The van der Waals surface area contributed by atoms with Crippen molar-refractivity contribution in [3.63, 3.8) is 0 Å². The summed E-state index contributed by atoms with van der Waals surface area (Å²) in [6.45, 7) is 0. The second-order valence-electron chi connectivity index (χ2n) is 4.96. The van der Waals surface area contributed by atoms with Gasteiger partial charge in [-0.2, -0.15) is 0 Å². The van der Waals surface area contributed by atoms with Crippen LogP contribution in [0.4, 0.5) is 0 Å². The van der Waals surface area contributed by atoms with E-state index in [1.54, 1.807) is 0 Å². The molecule has 0 aromatic heterocycles. The number of benzene rings is 3. The summed E-state index contributed by atoms with van der Waals surface area (Å²) in [6.07, 6.45) is 0. The van der Waals surface area contributed by atoms with Crippen molar-refractivity contribution >= 4 is 41.2 Å². The fourth-order valence-electron chi connectivity index (χ4n) is 2.22. The van der Waals surface area contributed by atoms with Gasteiger partial charge >= 0.3 is 0 Å². The Kier molecular flexibility index (Phi) is 8.02. The maximum absolute atomic E-state index is 4.75. The molecule has 0 aliphatic heterocycles. The van der Waals surface area contributed by atoms with Gasteiger partial charge in [0.15, 0.2) is 5.11 Å². The second-order valence-corrected chi connectivity index (χ2v) is 7.59. The standard InChI is InChI=1S/C18H15P.CH6N4S/c1-4-10-16(11-5-1)19(17-12-6-2-7-13-17)18-14-8-3-9-15-18;2-4-1(6)5-3/h1-15H;2-3H2,(H2,4,5,6). The molecule has 3 aromatic carbocycles. The van der Waals surface area contributed by atoms with E-state index >= 15 is 0 Å². The molecule has 0 fully saturated rings. The fraction of sp³-hybridized carbons (Fsp3) is 0. The van der Waals surface area contributed by atoms with Gasteiger partial charge in [-0.3, -0.25) is 10.9 Å². The third-order valence-electron chi connectivity index (χ3n) is 3.31. The number of nitrogens with two attached hydrogens (primary N) is 2. The highest BCUT2D eigenvalue weighted by molar-refractivity contribution is 7.80. The van der Waals surface area contributed by atoms with E-state index in [-0.39, 0.29) is 5.11 Å². The van der Waals surface area contributed by atoms with Crippen molar-refractivity contribution in [3.8, 4) is 0 Å². The van der Waals surface area contributed by atoms with Gasteiger partial charge in [0.1, 0.15) is 0 Å². The van der Waals surface area contributed by atoms with E-state index in [4.69, 9.17) is 11.7 Å². The van der Waals surface area contributed by atoms with Crippen LogP contribution in [0.1, 0.15) is 0 Å². The second kappa shape index (κ2) is 10.5. The van der Waals surface area contributed by atoms with E-state index in [2.05, 4.69) is 114 Å². The monoisotopic (exact) mass is 368 g/mol. The van der Waals surface area contributed by atoms with E-state index in [0.717, 1.165) is 0 Å². The molecule has 0 heterocycles. The smallest absolute Gasteiger partial charge is 0.194 e. The summed E-state index contributed by atoms with van der Waals surface area (Å²) in [5.74, 6) is 9.50. The third kappa shape index (κ3) is 5.93. The molecule has 6 N–H and O–H groups in total. The lowest BCUT2D eigenvalue weighted by Gasteiger charge is -2.18. The highest BCUT2D eigenvalue weighted by Crippen LogP contribution is 2.32. The maximum atomic E-state index is 4.75. The first-order chi connectivity index (χ1) is 12.3. The summed E-state index contributed by atoms with van der Waals surface area (Å²) in [5.41, 5.74) is 4.22. The van der Waals surface area contributed by atoms with Gasteiger partial charge < -0.3 is 0 Å². The SMILES string of the molecule is NNC(=S)NN.c1ccc(P(c2ccccc2)c2ccccc2)cc1. The van der Waals surface area contributed by atoms with Gasteiger partial charge in [-0.1, -0.05) is 91.0 Å². The van der Waals surface area contributed by atoms with Gasteiger partial charge in [-0.25, -0.2) is 11.7 Å². The van der Waals surface area contributed by atoms with E-state index < -0.39 is 7.92 Å². The Labute approximate surface area is 154 Å². The summed E-state index contributed by atoms with van der Waals surface area (Å²) in [6, 6.07) is 32.3. The zero-order valence-electron chi connectivity index (χ0n) is 13.7. The van der Waals surface area contributed by atoms with Crippen LogP contribution in [0.3, 0.4) is 0 Å². The Morgan fingerprint density at radius 3 is 1.08 bits per heavy atom. The lowest BCUT2D eigenvalue weighted by atomic mass is 10.4. The van der Waals surface area contributed by atoms with Crippen LogP contribution >= 0.6 is 20.1 Å². The molecule has 25 heavy (non-hydrogen) atoms. The largest absolute Gasteiger partial charge is 0.300 e. The van der Waals surface area contributed by atoms with Crippen molar-refractivity contribution in [1.82, 2.24) is 10.9 Å². The van der Waals surface area contributed by atoms with Gasteiger partial charge in [0.05, 0.1) is 0 Å². The molecule has 0 aliphatic carbocycles. The van der Waals surface area contributed by atoms with E-state index in [0.29, 0.717) is 0 Å². The Morgan fingerprint density at radius 1 is 0.600 bits per heavy atom. The molecule has 0 amide bonds. The average Bonchev–Trinajstić information content (AvgIpc) is 2.70. The normalized spacial score (nSPS) is 9.72. The Bertz CT molecular complexity index is 654. The minimum atomic E-state index is -0.446. The molecule has 4 nitrogen and oxygen atoms in total. The minimum Gasteiger partial charge on any atom is -0.300 e. The molecule has 3 aromatic rings. The fourth-order valence-corrected chi connectivity index (χ4v) is 4.53. The van der Waals surface area contributed by atoms with Gasteiger partial charge in [0, 0.05) is 0 Å². The molecule has 0 aliphatic rings. The third-order valence-corrected chi connectivity index (χ3v) is 5.98. The lowest BCUT2D eigenvalue weighted by molar-refractivity contribution is 0.926. The molecule has 6 heteroatoms. The number of rotatable bonds is 3. The van der Waals surface area contributed by atoms with Gasteiger partial charge in [-0.05, 0) is 36.1 Å². The van der Waals surface area contributed by atoms with Crippen molar-refractivity contribution < 1.29 is 0 Å². The number of hydrogen-bond donors (Lipinski definition) is 4. The minimum absolute atomic E-state index is 0.231. The molecule has 0 radical (unpaired) electrons. The summed E-state index contributed by atoms with van der Waals surface area (Å²) in [7, 11) is -0.446. The molecular formula is C19H21N4PS. The van der Waals surface area contributed by atoms with Crippen LogP contribution in [0, 0.1) is 0 Å². The Balaban J connectivity index is 0.000000326. The van der Waals surface area contributed by atoms with Crippen molar-refractivity contribution in [3.05, 3.63) is 91.0 Å². The topological polar surface area (TPSA) is 76.1 Å². The van der Waals surface area contributed by atoms with Crippen LogP contribution < -0.4 is 38.5 Å². The summed E-state index contributed by atoms with van der Waals surface area (Å²) in [5, 5.41) is 4.43. The van der Waals surface area contributed by atoms with Crippen LogP contribution in [0.25, 0.3) is 0 Å². The predicted molar refractivity (Wildman–Crippen MR) is 112 cm³/mol. The molecular weight excluding hydrogens is 347 g/mol. The lowest BCUT2D eigenvalue weighted by Crippen LogP contribution is -2.43. The molecule has 3 rings (SSSR count). The Morgan fingerprint density at radius 2 is 0.880 bits per heavy atom. The number of hydrogen-bond acceptors (Lipinski definition) is 3. The van der Waals surface area contributed by atoms with E-state index in [1.807, 2.05) is 0 Å². The summed E-state index contributed by atoms with van der Waals surface area (Å²) < 4.78 is 0. The zero-order valence-corrected chi connectivity index (χ0v) is 15.4. The van der Waals surface area contributed by atoms with Crippen LogP contribution in [0.2, 0.25) is 0 Å². The number of thiocarbonyl (C=S) groups is 1. The van der Waals surface area contributed by atoms with E-state index in [1.165, 1.54) is 15.9 Å². The molecule has 0 spiro atoms. The number of hydrazine groups is 2. The molecule has 0 bridgehead atoms. The van der Waals surface area contributed by atoms with Gasteiger partial charge in [-0.15, -0.1) is 0 Å². The maximum Gasteiger partial charge on any atom is 0.194 e. The van der Waals surface area contributed by atoms with Crippen molar-refractivity contribution in [2.45, 2.75) is 0 Å².